The number of rotatable bonds is 11. The molecular formula is C30H33NO5. The lowest BCUT2D eigenvalue weighted by Crippen LogP contribution is -2.64. The quantitative estimate of drug-likeness (QED) is 0.411. The second kappa shape index (κ2) is 13.3. The van der Waals surface area contributed by atoms with Crippen LogP contribution in [0.2, 0.25) is 0 Å². The van der Waals surface area contributed by atoms with Crippen LogP contribution < -0.4 is 5.73 Å². The molecule has 6 nitrogen and oxygen atoms in total. The van der Waals surface area contributed by atoms with Gasteiger partial charge in [-0.15, -0.1) is 6.42 Å². The molecule has 3 aromatic rings. The summed E-state index contributed by atoms with van der Waals surface area (Å²) in [6, 6.07) is 29.1. The summed E-state index contributed by atoms with van der Waals surface area (Å²) in [6.45, 7) is 1.06. The topological polar surface area (TPSA) is 72.2 Å². The van der Waals surface area contributed by atoms with Crippen molar-refractivity contribution < 1.29 is 23.7 Å². The summed E-state index contributed by atoms with van der Waals surface area (Å²) in [6.07, 6.45) is 2.60. The predicted octanol–water partition coefficient (Wildman–Crippen LogP) is 4.07. The molecule has 1 saturated heterocycles. The first-order valence-electron chi connectivity index (χ1n) is 12.1. The van der Waals surface area contributed by atoms with Crippen LogP contribution in [-0.2, 0) is 43.5 Å². The van der Waals surface area contributed by atoms with Gasteiger partial charge in [-0.25, -0.2) is 0 Å². The summed E-state index contributed by atoms with van der Waals surface area (Å²) in [4.78, 5) is 0. The summed E-state index contributed by atoms with van der Waals surface area (Å²) in [5.41, 5.74) is 9.38. The molecule has 0 saturated carbocycles. The van der Waals surface area contributed by atoms with Gasteiger partial charge in [0.2, 0.25) is 0 Å². The average Bonchev–Trinajstić information content (AvgIpc) is 2.94. The van der Waals surface area contributed by atoms with Crippen LogP contribution in [0.4, 0.5) is 0 Å². The maximum atomic E-state index is 6.49. The molecular weight excluding hydrogens is 454 g/mol. The maximum absolute atomic E-state index is 6.49. The zero-order chi connectivity index (χ0) is 25.2. The lowest BCUT2D eigenvalue weighted by molar-refractivity contribution is -0.318. The Labute approximate surface area is 213 Å². The van der Waals surface area contributed by atoms with Crippen LogP contribution in [0, 0.1) is 12.3 Å². The van der Waals surface area contributed by atoms with Crippen molar-refractivity contribution in [1.29, 1.82) is 0 Å². The summed E-state index contributed by atoms with van der Waals surface area (Å²) in [5.74, 6) is 2.60. The molecule has 3 aromatic carbocycles. The Bertz CT molecular complexity index is 1070. The first-order valence-corrected chi connectivity index (χ1v) is 12.1. The Morgan fingerprint density at radius 2 is 1.14 bits per heavy atom. The minimum Gasteiger partial charge on any atom is -0.368 e. The molecule has 0 radical (unpaired) electrons. The number of methoxy groups -OCH3 is 1. The Morgan fingerprint density at radius 3 is 1.56 bits per heavy atom. The van der Waals surface area contributed by atoms with Crippen LogP contribution in [0.1, 0.15) is 16.7 Å². The van der Waals surface area contributed by atoms with Gasteiger partial charge in [-0.1, -0.05) is 96.9 Å². The lowest BCUT2D eigenvalue weighted by atomic mass is 9.93. The minimum absolute atomic E-state index is 0.344. The Morgan fingerprint density at radius 1 is 0.722 bits per heavy atom. The maximum Gasteiger partial charge on any atom is 0.186 e. The van der Waals surface area contributed by atoms with Crippen molar-refractivity contribution in [2.75, 3.05) is 7.11 Å². The first kappa shape index (κ1) is 26.1. The van der Waals surface area contributed by atoms with E-state index >= 15 is 0 Å². The Kier molecular flexibility index (Phi) is 9.65. The van der Waals surface area contributed by atoms with Crippen molar-refractivity contribution in [2.24, 2.45) is 5.73 Å². The number of ether oxygens (including phenoxy) is 5. The van der Waals surface area contributed by atoms with E-state index in [1.54, 1.807) is 7.11 Å². The predicted molar refractivity (Wildman–Crippen MR) is 138 cm³/mol. The third-order valence-corrected chi connectivity index (χ3v) is 6.17. The molecule has 188 valence electrons. The number of hydrogen-bond donors (Lipinski definition) is 1. The molecule has 36 heavy (non-hydrogen) atoms. The van der Waals surface area contributed by atoms with E-state index in [1.165, 1.54) is 0 Å². The summed E-state index contributed by atoms with van der Waals surface area (Å²) >= 11 is 0. The van der Waals surface area contributed by atoms with Gasteiger partial charge < -0.3 is 29.4 Å². The average molecular weight is 488 g/mol. The van der Waals surface area contributed by atoms with E-state index in [0.29, 0.717) is 19.8 Å². The molecule has 2 N–H and O–H groups in total. The molecule has 0 aromatic heterocycles. The van der Waals surface area contributed by atoms with E-state index in [1.807, 2.05) is 91.0 Å². The van der Waals surface area contributed by atoms with Gasteiger partial charge in [-0.3, -0.25) is 0 Å². The van der Waals surface area contributed by atoms with Crippen LogP contribution in [0.5, 0.6) is 0 Å². The van der Waals surface area contributed by atoms with Crippen molar-refractivity contribution in [1.82, 2.24) is 0 Å². The van der Waals surface area contributed by atoms with Crippen molar-refractivity contribution >= 4 is 0 Å². The fourth-order valence-corrected chi connectivity index (χ4v) is 4.26. The van der Waals surface area contributed by atoms with Gasteiger partial charge in [0.15, 0.2) is 6.29 Å². The van der Waals surface area contributed by atoms with E-state index in [2.05, 4.69) is 5.92 Å². The van der Waals surface area contributed by atoms with Crippen molar-refractivity contribution in [3.05, 3.63) is 108 Å². The molecule has 0 unspecified atom stereocenters. The first-order chi connectivity index (χ1) is 17.7. The molecule has 1 heterocycles. The van der Waals surface area contributed by atoms with E-state index < -0.39 is 36.7 Å². The number of terminal acetylenes is 1. The van der Waals surface area contributed by atoms with E-state index in [-0.39, 0.29) is 0 Å². The molecule has 0 bridgehead atoms. The SMILES string of the molecule is C#C[C@H](N)[C@H]1O[C@H](OC)[C@H](OCc2ccccc2)[C@@H](OCc2ccccc2)[C@@H]1OCc1ccccc1. The summed E-state index contributed by atoms with van der Waals surface area (Å²) in [7, 11) is 1.57. The highest BCUT2D eigenvalue weighted by Crippen LogP contribution is 2.31. The zero-order valence-corrected chi connectivity index (χ0v) is 20.4. The van der Waals surface area contributed by atoms with Crippen LogP contribution >= 0.6 is 0 Å². The van der Waals surface area contributed by atoms with Crippen LogP contribution in [0.15, 0.2) is 91.0 Å². The van der Waals surface area contributed by atoms with E-state index in [9.17, 15) is 0 Å². The second-order valence-corrected chi connectivity index (χ2v) is 8.68. The van der Waals surface area contributed by atoms with Crippen LogP contribution in [-0.4, -0.2) is 43.9 Å². The monoisotopic (exact) mass is 487 g/mol. The van der Waals surface area contributed by atoms with Crippen LogP contribution in [0.3, 0.4) is 0 Å². The molecule has 6 heteroatoms. The number of hydrogen-bond acceptors (Lipinski definition) is 6. The van der Waals surface area contributed by atoms with Gasteiger partial charge in [0.25, 0.3) is 0 Å². The van der Waals surface area contributed by atoms with E-state index in [0.717, 1.165) is 16.7 Å². The zero-order valence-electron chi connectivity index (χ0n) is 20.4. The largest absolute Gasteiger partial charge is 0.368 e. The van der Waals surface area contributed by atoms with Crippen molar-refractivity contribution in [2.45, 2.75) is 56.6 Å². The highest BCUT2D eigenvalue weighted by Gasteiger charge is 2.50. The normalized spacial score (nSPS) is 24.6. The van der Waals surface area contributed by atoms with Gasteiger partial charge in [0.1, 0.15) is 24.4 Å². The summed E-state index contributed by atoms with van der Waals surface area (Å²) < 4.78 is 31.2. The third kappa shape index (κ3) is 6.80. The lowest BCUT2D eigenvalue weighted by Gasteiger charge is -2.46. The van der Waals surface area contributed by atoms with Crippen molar-refractivity contribution in [3.8, 4) is 12.3 Å². The highest BCUT2D eigenvalue weighted by atomic mass is 16.7. The van der Waals surface area contributed by atoms with Gasteiger partial charge in [0.05, 0.1) is 25.9 Å². The smallest absolute Gasteiger partial charge is 0.186 e. The van der Waals surface area contributed by atoms with Gasteiger partial charge >= 0.3 is 0 Å². The fraction of sp³-hybridized carbons (Fsp3) is 0.333. The second-order valence-electron chi connectivity index (χ2n) is 8.68. The molecule has 1 fully saturated rings. The standard InChI is InChI=1S/C30H33NO5/c1-3-25(31)26-27(33-19-22-13-7-4-8-14-22)28(34-20-23-15-9-5-10-16-23)29(30(32-2)36-26)35-21-24-17-11-6-12-18-24/h1,4-18,25-30H,19-21,31H2,2H3/t25-,26+,27+,28-,29+,30-/m0/s1. The van der Waals surface area contributed by atoms with Crippen molar-refractivity contribution in [3.63, 3.8) is 0 Å². The van der Waals surface area contributed by atoms with Gasteiger partial charge in [0, 0.05) is 7.11 Å². The van der Waals surface area contributed by atoms with Gasteiger partial charge in [-0.2, -0.15) is 0 Å². The molecule has 0 amide bonds. The minimum atomic E-state index is -0.740. The van der Waals surface area contributed by atoms with Crippen LogP contribution in [0.25, 0.3) is 0 Å². The Balaban J connectivity index is 1.62. The molecule has 4 rings (SSSR count). The molecule has 1 aliphatic heterocycles. The third-order valence-electron chi connectivity index (χ3n) is 6.17. The fourth-order valence-electron chi connectivity index (χ4n) is 4.26. The molecule has 1 aliphatic rings. The summed E-state index contributed by atoms with van der Waals surface area (Å²) in [5, 5.41) is 0. The van der Waals surface area contributed by atoms with Gasteiger partial charge in [-0.05, 0) is 16.7 Å². The highest BCUT2D eigenvalue weighted by molar-refractivity contribution is 5.16. The molecule has 0 spiro atoms. The molecule has 6 atom stereocenters. The number of benzene rings is 3. The Hall–Kier alpha value is -3.02. The van der Waals surface area contributed by atoms with E-state index in [4.69, 9.17) is 35.8 Å². The number of nitrogens with two attached hydrogens (primary N) is 1. The molecule has 0 aliphatic carbocycles.